The Morgan fingerprint density at radius 1 is 1.45 bits per heavy atom. The Hall–Kier alpha value is -1.52. The van der Waals surface area contributed by atoms with Crippen molar-refractivity contribution in [3.63, 3.8) is 0 Å². The maximum atomic E-state index is 5.31. The Morgan fingerprint density at radius 2 is 2.20 bits per heavy atom. The van der Waals surface area contributed by atoms with Gasteiger partial charge in [0.25, 0.3) is 0 Å². The minimum Gasteiger partial charge on any atom is -0.359 e. The number of guanidine groups is 1. The third-order valence-electron chi connectivity index (χ3n) is 3.10. The molecule has 1 N–H and O–H groups in total. The SMILES string of the molecule is CCCCN(C)C(=NCc1cc(C(C)C)no1)NCC. The van der Waals surface area contributed by atoms with Gasteiger partial charge in [0.1, 0.15) is 6.54 Å². The van der Waals surface area contributed by atoms with Gasteiger partial charge < -0.3 is 14.7 Å². The Labute approximate surface area is 122 Å². The average Bonchev–Trinajstić information content (AvgIpc) is 2.89. The highest BCUT2D eigenvalue weighted by Crippen LogP contribution is 2.14. The molecule has 1 aromatic rings. The van der Waals surface area contributed by atoms with Gasteiger partial charge >= 0.3 is 0 Å². The number of aliphatic imine (C=N–C) groups is 1. The third-order valence-corrected chi connectivity index (χ3v) is 3.10. The lowest BCUT2D eigenvalue weighted by atomic mass is 10.1. The maximum absolute atomic E-state index is 5.31. The molecule has 20 heavy (non-hydrogen) atoms. The molecule has 1 rings (SSSR count). The molecule has 0 amide bonds. The van der Waals surface area contributed by atoms with E-state index in [-0.39, 0.29) is 0 Å². The smallest absolute Gasteiger partial charge is 0.194 e. The Balaban J connectivity index is 2.65. The molecule has 0 bridgehead atoms. The van der Waals surface area contributed by atoms with E-state index in [1.807, 2.05) is 6.07 Å². The van der Waals surface area contributed by atoms with E-state index in [0.717, 1.165) is 30.5 Å². The third kappa shape index (κ3) is 5.23. The van der Waals surface area contributed by atoms with Crippen LogP contribution < -0.4 is 5.32 Å². The van der Waals surface area contributed by atoms with Gasteiger partial charge in [-0.15, -0.1) is 0 Å². The van der Waals surface area contributed by atoms with Crippen molar-refractivity contribution >= 4 is 5.96 Å². The Bertz CT molecular complexity index is 412. The molecule has 0 radical (unpaired) electrons. The fraction of sp³-hybridized carbons (Fsp3) is 0.733. The van der Waals surface area contributed by atoms with Crippen LogP contribution in [0.1, 0.15) is 57.9 Å². The van der Waals surface area contributed by atoms with E-state index < -0.39 is 0 Å². The first kappa shape index (κ1) is 16.5. The molecule has 0 spiro atoms. The first-order valence-corrected chi connectivity index (χ1v) is 7.53. The summed E-state index contributed by atoms with van der Waals surface area (Å²) in [5, 5.41) is 7.36. The lowest BCUT2D eigenvalue weighted by Crippen LogP contribution is -2.39. The summed E-state index contributed by atoms with van der Waals surface area (Å²) in [6.07, 6.45) is 2.35. The average molecular weight is 280 g/mol. The van der Waals surface area contributed by atoms with Crippen molar-refractivity contribution in [3.8, 4) is 0 Å². The second-order valence-corrected chi connectivity index (χ2v) is 5.32. The van der Waals surface area contributed by atoms with E-state index >= 15 is 0 Å². The van der Waals surface area contributed by atoms with Gasteiger partial charge in [-0.1, -0.05) is 32.3 Å². The number of nitrogens with one attached hydrogen (secondary N) is 1. The molecule has 0 fully saturated rings. The van der Waals surface area contributed by atoms with Gasteiger partial charge in [-0.25, -0.2) is 4.99 Å². The van der Waals surface area contributed by atoms with E-state index in [1.54, 1.807) is 0 Å². The number of nitrogens with zero attached hydrogens (tertiary/aromatic N) is 3. The van der Waals surface area contributed by atoms with Crippen LogP contribution in [-0.4, -0.2) is 36.2 Å². The van der Waals surface area contributed by atoms with Gasteiger partial charge in [0, 0.05) is 26.2 Å². The largest absolute Gasteiger partial charge is 0.359 e. The zero-order chi connectivity index (χ0) is 15.0. The van der Waals surface area contributed by atoms with Crippen LogP contribution in [0.5, 0.6) is 0 Å². The highest BCUT2D eigenvalue weighted by atomic mass is 16.5. The van der Waals surface area contributed by atoms with Crippen LogP contribution >= 0.6 is 0 Å². The molecular weight excluding hydrogens is 252 g/mol. The van der Waals surface area contributed by atoms with E-state index in [1.165, 1.54) is 12.8 Å². The molecule has 0 aliphatic rings. The summed E-state index contributed by atoms with van der Waals surface area (Å²) in [6.45, 7) is 10.9. The van der Waals surface area contributed by atoms with Crippen molar-refractivity contribution in [2.75, 3.05) is 20.1 Å². The first-order valence-electron chi connectivity index (χ1n) is 7.53. The monoisotopic (exact) mass is 280 g/mol. The predicted molar refractivity (Wildman–Crippen MR) is 82.9 cm³/mol. The van der Waals surface area contributed by atoms with Gasteiger partial charge in [0.15, 0.2) is 11.7 Å². The minimum absolute atomic E-state index is 0.386. The molecule has 0 atom stereocenters. The lowest BCUT2D eigenvalue weighted by molar-refractivity contribution is 0.375. The maximum Gasteiger partial charge on any atom is 0.194 e. The molecule has 0 aliphatic heterocycles. The molecule has 0 aromatic carbocycles. The summed E-state index contributed by atoms with van der Waals surface area (Å²) in [5.74, 6) is 2.12. The topological polar surface area (TPSA) is 53.7 Å². The molecule has 0 aliphatic carbocycles. The second-order valence-electron chi connectivity index (χ2n) is 5.32. The minimum atomic E-state index is 0.386. The van der Waals surface area contributed by atoms with Crippen molar-refractivity contribution in [1.29, 1.82) is 0 Å². The van der Waals surface area contributed by atoms with Crippen molar-refractivity contribution in [2.45, 2.75) is 53.0 Å². The highest BCUT2D eigenvalue weighted by molar-refractivity contribution is 5.79. The molecule has 5 heteroatoms. The molecule has 1 heterocycles. The van der Waals surface area contributed by atoms with E-state index in [9.17, 15) is 0 Å². The molecular formula is C15H28N4O. The van der Waals surface area contributed by atoms with Crippen molar-refractivity contribution in [2.24, 2.45) is 4.99 Å². The van der Waals surface area contributed by atoms with Crippen LogP contribution in [0.25, 0.3) is 0 Å². The van der Waals surface area contributed by atoms with Crippen molar-refractivity contribution in [3.05, 3.63) is 17.5 Å². The van der Waals surface area contributed by atoms with E-state index in [0.29, 0.717) is 12.5 Å². The summed E-state index contributed by atoms with van der Waals surface area (Å²) in [6, 6.07) is 1.99. The van der Waals surface area contributed by atoms with E-state index in [4.69, 9.17) is 4.52 Å². The lowest BCUT2D eigenvalue weighted by Gasteiger charge is -2.21. The Morgan fingerprint density at radius 3 is 2.75 bits per heavy atom. The fourth-order valence-corrected chi connectivity index (χ4v) is 1.80. The van der Waals surface area contributed by atoms with Crippen molar-refractivity contribution < 1.29 is 4.52 Å². The first-order chi connectivity index (χ1) is 9.58. The summed E-state index contributed by atoms with van der Waals surface area (Å²) in [5.41, 5.74) is 0.986. The van der Waals surface area contributed by atoms with Crippen LogP contribution in [0.15, 0.2) is 15.6 Å². The number of unbranched alkanes of at least 4 members (excludes halogenated alkanes) is 1. The van der Waals surface area contributed by atoms with Crippen LogP contribution in [0, 0.1) is 0 Å². The summed E-state index contributed by atoms with van der Waals surface area (Å²) in [7, 11) is 2.07. The second kappa shape index (κ2) is 8.61. The summed E-state index contributed by atoms with van der Waals surface area (Å²) < 4.78 is 5.31. The number of aromatic nitrogens is 1. The highest BCUT2D eigenvalue weighted by Gasteiger charge is 2.09. The van der Waals surface area contributed by atoms with Gasteiger partial charge in [-0.3, -0.25) is 0 Å². The van der Waals surface area contributed by atoms with Crippen LogP contribution in [0.2, 0.25) is 0 Å². The van der Waals surface area contributed by atoms with Gasteiger partial charge in [0.2, 0.25) is 0 Å². The predicted octanol–water partition coefficient (Wildman–Crippen LogP) is 3.00. The standard InChI is InChI=1S/C15H28N4O/c1-6-8-9-19(5)15(16-7-2)17-11-13-10-14(12(3)4)18-20-13/h10,12H,6-9,11H2,1-5H3,(H,16,17). The molecule has 1 aromatic heterocycles. The number of hydrogen-bond acceptors (Lipinski definition) is 3. The summed E-state index contributed by atoms with van der Waals surface area (Å²) >= 11 is 0. The molecule has 0 saturated carbocycles. The number of hydrogen-bond donors (Lipinski definition) is 1. The Kier molecular flexibility index (Phi) is 7.12. The fourth-order valence-electron chi connectivity index (χ4n) is 1.80. The van der Waals surface area contributed by atoms with E-state index in [2.05, 4.69) is 55.1 Å². The quantitative estimate of drug-likeness (QED) is 0.616. The zero-order valence-corrected chi connectivity index (χ0v) is 13.4. The van der Waals surface area contributed by atoms with Gasteiger partial charge in [-0.05, 0) is 19.3 Å². The molecule has 5 nitrogen and oxygen atoms in total. The number of rotatable bonds is 7. The zero-order valence-electron chi connectivity index (χ0n) is 13.4. The van der Waals surface area contributed by atoms with Gasteiger partial charge in [0.05, 0.1) is 5.69 Å². The molecule has 114 valence electrons. The van der Waals surface area contributed by atoms with Crippen LogP contribution in [0.3, 0.4) is 0 Å². The van der Waals surface area contributed by atoms with Crippen LogP contribution in [0.4, 0.5) is 0 Å². The normalized spacial score (nSPS) is 12.0. The summed E-state index contributed by atoms with van der Waals surface area (Å²) in [4.78, 5) is 6.77. The van der Waals surface area contributed by atoms with Crippen molar-refractivity contribution in [1.82, 2.24) is 15.4 Å². The molecule has 0 saturated heterocycles. The van der Waals surface area contributed by atoms with Crippen LogP contribution in [-0.2, 0) is 6.54 Å². The molecule has 0 unspecified atom stereocenters. The van der Waals surface area contributed by atoms with Gasteiger partial charge in [-0.2, -0.15) is 0 Å².